The molecule has 0 aliphatic rings. The van der Waals surface area contributed by atoms with Crippen LogP contribution < -0.4 is 5.32 Å². The molecule has 0 spiro atoms. The molecule has 9 nitrogen and oxygen atoms in total. The Morgan fingerprint density at radius 2 is 2.04 bits per heavy atom. The van der Waals surface area contributed by atoms with Crippen molar-refractivity contribution in [3.63, 3.8) is 0 Å². The number of nitrogens with zero attached hydrogens (tertiary/aromatic N) is 3. The molecule has 1 N–H and O–H groups in total. The van der Waals surface area contributed by atoms with Gasteiger partial charge in [0.05, 0.1) is 12.4 Å². The van der Waals surface area contributed by atoms with Gasteiger partial charge in [0.2, 0.25) is 17.7 Å². The lowest BCUT2D eigenvalue weighted by atomic mass is 10.1. The first-order valence-corrected chi connectivity index (χ1v) is 9.69. The van der Waals surface area contributed by atoms with Gasteiger partial charge in [-0.3, -0.25) is 14.9 Å². The van der Waals surface area contributed by atoms with Crippen LogP contribution in [0.3, 0.4) is 0 Å². The summed E-state index contributed by atoms with van der Waals surface area (Å²) in [6, 6.07) is 7.65. The van der Waals surface area contributed by atoms with Crippen molar-refractivity contribution < 1.29 is 23.5 Å². The van der Waals surface area contributed by atoms with Crippen LogP contribution in [-0.2, 0) is 14.3 Å². The Labute approximate surface area is 166 Å². The number of ether oxygens (including phenoxy) is 1. The quantitative estimate of drug-likeness (QED) is 0.664. The fourth-order valence-corrected chi connectivity index (χ4v) is 2.91. The zero-order valence-corrected chi connectivity index (χ0v) is 16.7. The third-order valence-corrected chi connectivity index (χ3v) is 4.38. The standard InChI is InChI=1S/C18H22N4O5S/c1-4-22(10-14(23)19-17(25)26-5-2)15(24)11-28-18-21-20-16(27-18)13-8-6-7-12(3)9-13/h6-9H,4-5,10-11H2,1-3H3,(H,19,23,25). The number of imide groups is 1. The maximum absolute atomic E-state index is 12.3. The minimum absolute atomic E-state index is 0.0238. The van der Waals surface area contributed by atoms with E-state index in [1.807, 2.05) is 31.2 Å². The predicted molar refractivity (Wildman–Crippen MR) is 103 cm³/mol. The number of likely N-dealkylation sites (N-methyl/N-ethyl adjacent to an activating group) is 1. The van der Waals surface area contributed by atoms with Crippen molar-refractivity contribution in [3.05, 3.63) is 29.8 Å². The van der Waals surface area contributed by atoms with Crippen LogP contribution in [-0.4, -0.2) is 58.5 Å². The normalized spacial score (nSPS) is 10.4. The summed E-state index contributed by atoms with van der Waals surface area (Å²) in [4.78, 5) is 36.7. The van der Waals surface area contributed by atoms with E-state index < -0.39 is 12.0 Å². The van der Waals surface area contributed by atoms with Crippen LogP contribution in [0.15, 0.2) is 33.9 Å². The highest BCUT2D eigenvalue weighted by Crippen LogP contribution is 2.23. The fourth-order valence-electron chi connectivity index (χ4n) is 2.25. The summed E-state index contributed by atoms with van der Waals surface area (Å²) in [7, 11) is 0. The van der Waals surface area contributed by atoms with Crippen LogP contribution in [0.25, 0.3) is 11.5 Å². The molecule has 0 aliphatic carbocycles. The molecule has 0 atom stereocenters. The van der Waals surface area contributed by atoms with E-state index in [0.717, 1.165) is 22.9 Å². The number of amides is 3. The molecule has 0 radical (unpaired) electrons. The van der Waals surface area contributed by atoms with Crippen molar-refractivity contribution in [2.75, 3.05) is 25.4 Å². The van der Waals surface area contributed by atoms with E-state index in [1.165, 1.54) is 4.90 Å². The number of hydrogen-bond donors (Lipinski definition) is 1. The Kier molecular flexibility index (Phi) is 8.00. The molecule has 0 fully saturated rings. The van der Waals surface area contributed by atoms with Gasteiger partial charge in [-0.25, -0.2) is 4.79 Å². The number of alkyl carbamates (subject to hydrolysis) is 1. The van der Waals surface area contributed by atoms with Gasteiger partial charge in [-0.2, -0.15) is 0 Å². The molecule has 150 valence electrons. The summed E-state index contributed by atoms with van der Waals surface area (Å²) in [6.45, 7) is 5.56. The number of nitrogens with one attached hydrogen (secondary N) is 1. The molecule has 3 amide bonds. The van der Waals surface area contributed by atoms with E-state index in [-0.39, 0.29) is 30.0 Å². The largest absolute Gasteiger partial charge is 0.450 e. The molecular formula is C18H22N4O5S. The van der Waals surface area contributed by atoms with Crippen LogP contribution >= 0.6 is 11.8 Å². The van der Waals surface area contributed by atoms with Gasteiger partial charge in [0.15, 0.2) is 0 Å². The van der Waals surface area contributed by atoms with Gasteiger partial charge in [0.1, 0.15) is 6.54 Å². The lowest BCUT2D eigenvalue weighted by molar-refractivity contribution is -0.133. The highest BCUT2D eigenvalue weighted by atomic mass is 32.2. The lowest BCUT2D eigenvalue weighted by Gasteiger charge is -2.19. The highest BCUT2D eigenvalue weighted by Gasteiger charge is 2.19. The first kappa shape index (κ1) is 21.4. The van der Waals surface area contributed by atoms with E-state index in [1.54, 1.807) is 13.8 Å². The highest BCUT2D eigenvalue weighted by molar-refractivity contribution is 7.99. The Morgan fingerprint density at radius 3 is 2.71 bits per heavy atom. The third-order valence-electron chi connectivity index (χ3n) is 3.58. The minimum atomic E-state index is -0.833. The second kappa shape index (κ2) is 10.5. The number of aromatic nitrogens is 2. The van der Waals surface area contributed by atoms with E-state index in [4.69, 9.17) is 4.42 Å². The van der Waals surface area contributed by atoms with Crippen molar-refractivity contribution in [2.45, 2.75) is 26.0 Å². The Hall–Kier alpha value is -2.88. The summed E-state index contributed by atoms with van der Waals surface area (Å²) in [5, 5.41) is 10.2. The average molecular weight is 406 g/mol. The molecule has 10 heteroatoms. The molecule has 0 unspecified atom stereocenters. The minimum Gasteiger partial charge on any atom is -0.450 e. The van der Waals surface area contributed by atoms with Gasteiger partial charge < -0.3 is 14.1 Å². The van der Waals surface area contributed by atoms with Crippen LogP contribution in [0.2, 0.25) is 0 Å². The number of carbonyl (C=O) groups excluding carboxylic acids is 3. The molecule has 1 aromatic heterocycles. The maximum Gasteiger partial charge on any atom is 0.413 e. The van der Waals surface area contributed by atoms with Crippen molar-refractivity contribution in [1.29, 1.82) is 0 Å². The third kappa shape index (κ3) is 6.38. The van der Waals surface area contributed by atoms with Crippen LogP contribution in [0, 0.1) is 6.92 Å². The lowest BCUT2D eigenvalue weighted by Crippen LogP contribution is -2.43. The van der Waals surface area contributed by atoms with Gasteiger partial charge in [0.25, 0.3) is 5.22 Å². The Balaban J connectivity index is 1.88. The maximum atomic E-state index is 12.3. The van der Waals surface area contributed by atoms with Crippen LogP contribution in [0.1, 0.15) is 19.4 Å². The molecule has 28 heavy (non-hydrogen) atoms. The van der Waals surface area contributed by atoms with Gasteiger partial charge >= 0.3 is 6.09 Å². The molecule has 0 bridgehead atoms. The SMILES string of the molecule is CCOC(=O)NC(=O)CN(CC)C(=O)CSc1nnc(-c2cccc(C)c2)o1. The summed E-state index contributed by atoms with van der Waals surface area (Å²) in [5.74, 6) is -0.504. The first-order chi connectivity index (χ1) is 13.4. The van der Waals surface area contributed by atoms with Crippen molar-refractivity contribution in [1.82, 2.24) is 20.4 Å². The van der Waals surface area contributed by atoms with Crippen molar-refractivity contribution in [3.8, 4) is 11.5 Å². The molecule has 2 rings (SSSR count). The van der Waals surface area contributed by atoms with Gasteiger partial charge in [-0.1, -0.05) is 29.5 Å². The second-order valence-corrected chi connectivity index (χ2v) is 6.63. The van der Waals surface area contributed by atoms with Crippen LogP contribution in [0.4, 0.5) is 4.79 Å². The van der Waals surface area contributed by atoms with Crippen molar-refractivity contribution >= 4 is 29.7 Å². The van der Waals surface area contributed by atoms with E-state index in [9.17, 15) is 14.4 Å². The number of thioether (sulfide) groups is 1. The smallest absolute Gasteiger partial charge is 0.413 e. The Bertz CT molecular complexity index is 839. The topological polar surface area (TPSA) is 115 Å². The molecule has 0 aliphatic heterocycles. The number of carbonyl (C=O) groups is 3. The van der Waals surface area contributed by atoms with Gasteiger partial charge in [-0.15, -0.1) is 10.2 Å². The first-order valence-electron chi connectivity index (χ1n) is 8.70. The zero-order chi connectivity index (χ0) is 20.5. The molecule has 1 aromatic carbocycles. The van der Waals surface area contributed by atoms with E-state index >= 15 is 0 Å². The van der Waals surface area contributed by atoms with Gasteiger partial charge in [0, 0.05) is 12.1 Å². The average Bonchev–Trinajstić information content (AvgIpc) is 3.13. The second-order valence-electron chi connectivity index (χ2n) is 5.71. The predicted octanol–water partition coefficient (Wildman–Crippen LogP) is 2.26. The monoisotopic (exact) mass is 406 g/mol. The molecule has 0 saturated heterocycles. The number of rotatable bonds is 8. The number of hydrogen-bond acceptors (Lipinski definition) is 8. The van der Waals surface area contributed by atoms with Crippen molar-refractivity contribution in [2.24, 2.45) is 0 Å². The Morgan fingerprint density at radius 1 is 1.25 bits per heavy atom. The summed E-state index contributed by atoms with van der Waals surface area (Å²) < 4.78 is 10.2. The van der Waals surface area contributed by atoms with Gasteiger partial charge in [-0.05, 0) is 32.9 Å². The number of aryl methyl sites for hydroxylation is 1. The molecule has 0 saturated carbocycles. The van der Waals surface area contributed by atoms with E-state index in [2.05, 4.69) is 20.3 Å². The van der Waals surface area contributed by atoms with E-state index in [0.29, 0.717) is 12.4 Å². The fraction of sp³-hybridized carbons (Fsp3) is 0.389. The summed E-state index contributed by atoms with van der Waals surface area (Å²) in [6.07, 6.45) is -0.833. The summed E-state index contributed by atoms with van der Waals surface area (Å²) >= 11 is 1.09. The number of benzene rings is 1. The van der Waals surface area contributed by atoms with Crippen LogP contribution in [0.5, 0.6) is 0 Å². The molecule has 2 aromatic rings. The zero-order valence-electron chi connectivity index (χ0n) is 15.9. The molecule has 1 heterocycles. The summed E-state index contributed by atoms with van der Waals surface area (Å²) in [5.41, 5.74) is 1.87. The molecular weight excluding hydrogens is 384 g/mol.